The van der Waals surface area contributed by atoms with Gasteiger partial charge in [0, 0.05) is 26.2 Å². The summed E-state index contributed by atoms with van der Waals surface area (Å²) >= 11 is 0. The van der Waals surface area contributed by atoms with E-state index < -0.39 is 0 Å². The van der Waals surface area contributed by atoms with Gasteiger partial charge in [-0.25, -0.2) is 0 Å². The van der Waals surface area contributed by atoms with Crippen molar-refractivity contribution in [3.8, 4) is 0 Å². The molecule has 2 heterocycles. The van der Waals surface area contributed by atoms with Crippen LogP contribution in [-0.4, -0.2) is 48.7 Å². The van der Waals surface area contributed by atoms with Crippen molar-refractivity contribution in [3.05, 3.63) is 0 Å². The molecule has 0 unspecified atom stereocenters. The Kier molecular flexibility index (Phi) is 3.93. The number of carbonyl (C=O) groups is 1. The second-order valence-corrected chi connectivity index (χ2v) is 8.25. The van der Waals surface area contributed by atoms with Crippen molar-refractivity contribution in [2.24, 2.45) is 17.8 Å². The average molecular weight is 306 g/mol. The maximum absolute atomic E-state index is 12.3. The molecule has 4 rings (SSSR count). The number of hydrogen-bond acceptors (Lipinski definition) is 3. The first-order chi connectivity index (χ1) is 10.6. The summed E-state index contributed by atoms with van der Waals surface area (Å²) in [6, 6.07) is 0. The Morgan fingerprint density at radius 2 is 1.95 bits per heavy atom. The van der Waals surface area contributed by atoms with Gasteiger partial charge in [0.1, 0.15) is 6.10 Å². The zero-order valence-electron chi connectivity index (χ0n) is 13.9. The van der Waals surface area contributed by atoms with Crippen LogP contribution in [0.1, 0.15) is 51.9 Å². The molecule has 0 aromatic heterocycles. The minimum Gasteiger partial charge on any atom is -0.362 e. The molecule has 4 heteroatoms. The molecule has 2 saturated heterocycles. The fourth-order valence-electron chi connectivity index (χ4n) is 4.26. The van der Waals surface area contributed by atoms with Crippen LogP contribution in [0, 0.1) is 17.8 Å². The molecule has 2 aliphatic carbocycles. The fourth-order valence-corrected chi connectivity index (χ4v) is 4.26. The summed E-state index contributed by atoms with van der Waals surface area (Å²) in [6.07, 6.45) is 8.29. The van der Waals surface area contributed by atoms with E-state index in [2.05, 4.69) is 17.1 Å². The topological polar surface area (TPSA) is 41.6 Å². The summed E-state index contributed by atoms with van der Waals surface area (Å²) in [7, 11) is 0. The third kappa shape index (κ3) is 3.18. The van der Waals surface area contributed by atoms with Gasteiger partial charge in [-0.2, -0.15) is 0 Å². The van der Waals surface area contributed by atoms with Crippen LogP contribution in [0.4, 0.5) is 0 Å². The van der Waals surface area contributed by atoms with Crippen LogP contribution >= 0.6 is 0 Å². The fraction of sp³-hybridized carbons (Fsp3) is 0.944. The molecule has 0 radical (unpaired) electrons. The summed E-state index contributed by atoms with van der Waals surface area (Å²) in [5.41, 5.74) is -0.0262. The minimum atomic E-state index is -0.198. The van der Waals surface area contributed by atoms with Gasteiger partial charge in [-0.05, 0) is 62.7 Å². The zero-order valence-corrected chi connectivity index (χ0v) is 13.9. The van der Waals surface area contributed by atoms with Crippen molar-refractivity contribution >= 4 is 5.91 Å². The van der Waals surface area contributed by atoms with Crippen molar-refractivity contribution in [1.29, 1.82) is 0 Å². The summed E-state index contributed by atoms with van der Waals surface area (Å²) in [5, 5.41) is 3.09. The van der Waals surface area contributed by atoms with Crippen LogP contribution in [0.15, 0.2) is 0 Å². The highest BCUT2D eigenvalue weighted by Crippen LogP contribution is 2.43. The standard InChI is InChI=1S/C18H30N2O2/c1-13-11-20(12-15-4-5-15)9-8-18(13)7-6-16(22-18)17(21)19-10-14-2-3-14/h13-16H,2-12H2,1H3,(H,19,21)/t13-,16+,18+/m0/s1. The lowest BCUT2D eigenvalue weighted by Gasteiger charge is -2.44. The van der Waals surface area contributed by atoms with E-state index >= 15 is 0 Å². The number of ether oxygens (including phenoxy) is 1. The highest BCUT2D eigenvalue weighted by Gasteiger charge is 2.49. The second-order valence-electron chi connectivity index (χ2n) is 8.25. The van der Waals surface area contributed by atoms with Crippen molar-refractivity contribution in [1.82, 2.24) is 10.2 Å². The average Bonchev–Trinajstić information content (AvgIpc) is 3.42. The van der Waals surface area contributed by atoms with Crippen LogP contribution < -0.4 is 5.32 Å². The SMILES string of the molecule is C[C@H]1CN(CC2CC2)CC[C@]12CC[C@H](C(=O)NCC1CC1)O2. The Morgan fingerprint density at radius 1 is 1.18 bits per heavy atom. The van der Waals surface area contributed by atoms with E-state index in [1.165, 1.54) is 32.2 Å². The minimum absolute atomic E-state index is 0.0262. The maximum Gasteiger partial charge on any atom is 0.249 e. The first kappa shape index (κ1) is 14.9. The van der Waals surface area contributed by atoms with Crippen molar-refractivity contribution in [2.75, 3.05) is 26.2 Å². The molecular weight excluding hydrogens is 276 g/mol. The zero-order chi connectivity index (χ0) is 15.2. The molecule has 0 aromatic rings. The van der Waals surface area contributed by atoms with Gasteiger partial charge >= 0.3 is 0 Å². The molecule has 2 aliphatic heterocycles. The van der Waals surface area contributed by atoms with E-state index in [9.17, 15) is 4.79 Å². The van der Waals surface area contributed by atoms with Gasteiger partial charge in [0.25, 0.3) is 0 Å². The number of nitrogens with one attached hydrogen (secondary N) is 1. The Morgan fingerprint density at radius 3 is 2.64 bits per heavy atom. The first-order valence-electron chi connectivity index (χ1n) is 9.32. The normalized spacial score (nSPS) is 39.3. The van der Waals surface area contributed by atoms with E-state index in [4.69, 9.17) is 4.74 Å². The number of carbonyl (C=O) groups excluding carboxylic acids is 1. The smallest absolute Gasteiger partial charge is 0.249 e. The molecule has 1 spiro atoms. The maximum atomic E-state index is 12.3. The number of likely N-dealkylation sites (tertiary alicyclic amines) is 1. The molecule has 4 aliphatic rings. The Hall–Kier alpha value is -0.610. The first-order valence-corrected chi connectivity index (χ1v) is 9.32. The second kappa shape index (κ2) is 5.79. The largest absolute Gasteiger partial charge is 0.362 e. The molecule has 22 heavy (non-hydrogen) atoms. The van der Waals surface area contributed by atoms with Gasteiger partial charge in [0.2, 0.25) is 5.91 Å². The van der Waals surface area contributed by atoms with E-state index in [0.717, 1.165) is 50.7 Å². The lowest BCUT2D eigenvalue weighted by molar-refractivity contribution is -0.147. The van der Waals surface area contributed by atoms with Crippen molar-refractivity contribution in [2.45, 2.75) is 63.6 Å². The van der Waals surface area contributed by atoms with Crippen LogP contribution in [0.25, 0.3) is 0 Å². The Bertz CT molecular complexity index is 433. The summed E-state index contributed by atoms with van der Waals surface area (Å²) in [4.78, 5) is 14.9. The molecule has 4 fully saturated rings. The predicted molar refractivity (Wildman–Crippen MR) is 85.5 cm³/mol. The van der Waals surface area contributed by atoms with Crippen LogP contribution in [0.3, 0.4) is 0 Å². The van der Waals surface area contributed by atoms with Crippen LogP contribution in [0.2, 0.25) is 0 Å². The van der Waals surface area contributed by atoms with Gasteiger partial charge in [-0.1, -0.05) is 6.92 Å². The Labute approximate surface area is 134 Å². The highest BCUT2D eigenvalue weighted by molar-refractivity contribution is 5.81. The molecule has 124 valence electrons. The monoisotopic (exact) mass is 306 g/mol. The third-order valence-corrected chi connectivity index (χ3v) is 6.26. The summed E-state index contributed by atoms with van der Waals surface area (Å²) in [6.45, 7) is 6.76. The molecule has 4 nitrogen and oxygen atoms in total. The molecule has 0 aromatic carbocycles. The van der Waals surface area contributed by atoms with E-state index in [-0.39, 0.29) is 17.6 Å². The predicted octanol–water partition coefficient (Wildman–Crippen LogP) is 2.18. The number of nitrogens with zero attached hydrogens (tertiary/aromatic N) is 1. The number of rotatable bonds is 5. The lowest BCUT2D eigenvalue weighted by Crippen LogP contribution is -2.52. The molecule has 1 amide bonds. The number of piperidine rings is 1. The number of amides is 1. The Balaban J connectivity index is 1.29. The van der Waals surface area contributed by atoms with Crippen molar-refractivity contribution in [3.63, 3.8) is 0 Å². The quantitative estimate of drug-likeness (QED) is 0.846. The highest BCUT2D eigenvalue weighted by atomic mass is 16.5. The van der Waals surface area contributed by atoms with Gasteiger partial charge in [-0.3, -0.25) is 4.79 Å². The van der Waals surface area contributed by atoms with E-state index in [1.807, 2.05) is 0 Å². The van der Waals surface area contributed by atoms with Gasteiger partial charge in [-0.15, -0.1) is 0 Å². The lowest BCUT2D eigenvalue weighted by atomic mass is 9.80. The molecule has 2 saturated carbocycles. The summed E-state index contributed by atoms with van der Waals surface area (Å²) < 4.78 is 6.35. The molecule has 3 atom stereocenters. The third-order valence-electron chi connectivity index (χ3n) is 6.26. The van der Waals surface area contributed by atoms with E-state index in [1.54, 1.807) is 0 Å². The van der Waals surface area contributed by atoms with Gasteiger partial charge in [0.15, 0.2) is 0 Å². The number of hydrogen-bond donors (Lipinski definition) is 1. The molecule has 1 N–H and O–H groups in total. The van der Waals surface area contributed by atoms with Crippen molar-refractivity contribution < 1.29 is 9.53 Å². The van der Waals surface area contributed by atoms with Gasteiger partial charge < -0.3 is 15.0 Å². The van der Waals surface area contributed by atoms with E-state index in [0.29, 0.717) is 5.92 Å². The molecule has 0 bridgehead atoms. The van der Waals surface area contributed by atoms with Crippen LogP contribution in [0.5, 0.6) is 0 Å². The summed E-state index contributed by atoms with van der Waals surface area (Å²) in [5.74, 6) is 2.38. The molecular formula is C18H30N2O2. The van der Waals surface area contributed by atoms with Gasteiger partial charge in [0.05, 0.1) is 5.60 Å². The van der Waals surface area contributed by atoms with Crippen LogP contribution in [-0.2, 0) is 9.53 Å².